The Kier molecular flexibility index (Phi) is 3.50. The average Bonchev–Trinajstić information content (AvgIpc) is 2.80. The molecule has 0 radical (unpaired) electrons. The fourth-order valence-corrected chi connectivity index (χ4v) is 1.35. The van der Waals surface area contributed by atoms with E-state index in [0.717, 1.165) is 12.3 Å². The van der Waals surface area contributed by atoms with Crippen LogP contribution in [0.25, 0.3) is 0 Å². The lowest BCUT2D eigenvalue weighted by Crippen LogP contribution is -2.05. The van der Waals surface area contributed by atoms with Crippen LogP contribution in [0.5, 0.6) is 5.75 Å². The number of nitrogens with one attached hydrogen (secondary N) is 1. The summed E-state index contributed by atoms with van der Waals surface area (Å²) < 4.78 is 10.3. The molecule has 0 fully saturated rings. The molecule has 5 nitrogen and oxygen atoms in total. The fraction of sp³-hybridized carbons (Fsp3) is 0.273. The molecular formula is C11H13N3O2. The van der Waals surface area contributed by atoms with Crippen molar-refractivity contribution in [2.45, 2.75) is 13.2 Å². The molecule has 0 spiro atoms. The van der Waals surface area contributed by atoms with Crippen LogP contribution in [-0.4, -0.2) is 17.2 Å². The monoisotopic (exact) mass is 219 g/mol. The van der Waals surface area contributed by atoms with Gasteiger partial charge in [0.1, 0.15) is 5.75 Å². The van der Waals surface area contributed by atoms with Gasteiger partial charge in [0.05, 0.1) is 0 Å². The lowest BCUT2D eigenvalue weighted by Gasteiger charge is -2.05. The van der Waals surface area contributed by atoms with Gasteiger partial charge in [-0.3, -0.25) is 0 Å². The third-order valence-electron chi connectivity index (χ3n) is 2.05. The summed E-state index contributed by atoms with van der Waals surface area (Å²) in [7, 11) is 1.91. The number of aromatic nitrogens is 2. The van der Waals surface area contributed by atoms with Crippen LogP contribution in [0.4, 0.5) is 0 Å². The lowest BCUT2D eigenvalue weighted by molar-refractivity contribution is 0.242. The Morgan fingerprint density at radius 1 is 1.44 bits per heavy atom. The van der Waals surface area contributed by atoms with Gasteiger partial charge < -0.3 is 14.6 Å². The second kappa shape index (κ2) is 5.27. The molecule has 0 aliphatic rings. The first-order valence-electron chi connectivity index (χ1n) is 5.00. The summed E-state index contributed by atoms with van der Waals surface area (Å²) >= 11 is 0. The molecule has 16 heavy (non-hydrogen) atoms. The van der Waals surface area contributed by atoms with Crippen molar-refractivity contribution in [3.8, 4) is 5.75 Å². The van der Waals surface area contributed by atoms with Gasteiger partial charge >= 0.3 is 0 Å². The van der Waals surface area contributed by atoms with Crippen LogP contribution in [-0.2, 0) is 13.2 Å². The van der Waals surface area contributed by atoms with Gasteiger partial charge in [-0.25, -0.2) is 0 Å². The van der Waals surface area contributed by atoms with E-state index in [2.05, 4.69) is 15.5 Å². The molecular weight excluding hydrogens is 206 g/mol. The van der Waals surface area contributed by atoms with Gasteiger partial charge in [-0.15, -0.1) is 0 Å². The Balaban J connectivity index is 1.96. The molecule has 0 aliphatic carbocycles. The van der Waals surface area contributed by atoms with Gasteiger partial charge in [0.25, 0.3) is 5.89 Å². The maximum absolute atomic E-state index is 5.51. The zero-order chi connectivity index (χ0) is 11.2. The molecule has 0 aliphatic heterocycles. The second-order valence-corrected chi connectivity index (χ2v) is 3.30. The first kappa shape index (κ1) is 10.6. The van der Waals surface area contributed by atoms with E-state index in [1.54, 1.807) is 0 Å². The quantitative estimate of drug-likeness (QED) is 0.822. The van der Waals surface area contributed by atoms with Gasteiger partial charge in [-0.05, 0) is 24.7 Å². The SMILES string of the molecule is CNCc1cccc(OCc2ncno2)c1. The van der Waals surface area contributed by atoms with E-state index in [1.165, 1.54) is 11.9 Å². The standard InChI is InChI=1S/C11H13N3O2/c1-12-6-9-3-2-4-10(5-9)15-7-11-13-8-14-16-11/h2-5,8,12H,6-7H2,1H3. The van der Waals surface area contributed by atoms with E-state index in [4.69, 9.17) is 9.26 Å². The lowest BCUT2D eigenvalue weighted by atomic mass is 10.2. The highest BCUT2D eigenvalue weighted by molar-refractivity contribution is 5.28. The van der Waals surface area contributed by atoms with Crippen molar-refractivity contribution in [1.82, 2.24) is 15.5 Å². The number of hydrogen-bond donors (Lipinski definition) is 1. The number of nitrogens with zero attached hydrogens (tertiary/aromatic N) is 2. The molecule has 2 rings (SSSR count). The van der Waals surface area contributed by atoms with Crippen LogP contribution in [0.3, 0.4) is 0 Å². The zero-order valence-electron chi connectivity index (χ0n) is 9.01. The van der Waals surface area contributed by atoms with Crippen molar-refractivity contribution in [1.29, 1.82) is 0 Å². The van der Waals surface area contributed by atoms with Crippen molar-refractivity contribution in [3.63, 3.8) is 0 Å². The van der Waals surface area contributed by atoms with Crippen LogP contribution in [0.2, 0.25) is 0 Å². The van der Waals surface area contributed by atoms with Crippen LogP contribution in [0.1, 0.15) is 11.5 Å². The smallest absolute Gasteiger partial charge is 0.264 e. The zero-order valence-corrected chi connectivity index (χ0v) is 9.01. The molecule has 1 aromatic heterocycles. The Morgan fingerprint density at radius 3 is 3.12 bits per heavy atom. The maximum atomic E-state index is 5.51. The highest BCUT2D eigenvalue weighted by atomic mass is 16.5. The predicted octanol–water partition coefficient (Wildman–Crippen LogP) is 1.37. The normalized spacial score (nSPS) is 10.3. The molecule has 0 unspecified atom stereocenters. The third-order valence-corrected chi connectivity index (χ3v) is 2.05. The van der Waals surface area contributed by atoms with Crippen LogP contribution in [0.15, 0.2) is 35.1 Å². The van der Waals surface area contributed by atoms with E-state index >= 15 is 0 Å². The van der Waals surface area contributed by atoms with Crippen molar-refractivity contribution >= 4 is 0 Å². The van der Waals surface area contributed by atoms with Crippen molar-refractivity contribution in [3.05, 3.63) is 42.0 Å². The van der Waals surface area contributed by atoms with Crippen LogP contribution < -0.4 is 10.1 Å². The van der Waals surface area contributed by atoms with Gasteiger partial charge in [-0.2, -0.15) is 4.98 Å². The summed E-state index contributed by atoms with van der Waals surface area (Å²) in [4.78, 5) is 3.87. The van der Waals surface area contributed by atoms with Gasteiger partial charge in [0.15, 0.2) is 12.9 Å². The van der Waals surface area contributed by atoms with Crippen molar-refractivity contribution < 1.29 is 9.26 Å². The second-order valence-electron chi connectivity index (χ2n) is 3.30. The van der Waals surface area contributed by atoms with Gasteiger partial charge in [-0.1, -0.05) is 17.3 Å². The summed E-state index contributed by atoms with van der Waals surface area (Å²) in [6, 6.07) is 7.87. The van der Waals surface area contributed by atoms with Crippen molar-refractivity contribution in [2.24, 2.45) is 0 Å². The van der Waals surface area contributed by atoms with E-state index in [0.29, 0.717) is 12.5 Å². The summed E-state index contributed by atoms with van der Waals surface area (Å²) in [5, 5.41) is 6.59. The number of hydrogen-bond acceptors (Lipinski definition) is 5. The summed E-state index contributed by atoms with van der Waals surface area (Å²) in [6.07, 6.45) is 1.36. The first-order chi connectivity index (χ1) is 7.88. The van der Waals surface area contributed by atoms with E-state index < -0.39 is 0 Å². The number of rotatable bonds is 5. The Morgan fingerprint density at radius 2 is 2.38 bits per heavy atom. The number of ether oxygens (including phenoxy) is 1. The molecule has 0 amide bonds. The minimum atomic E-state index is 0.295. The fourth-order valence-electron chi connectivity index (χ4n) is 1.35. The molecule has 0 bridgehead atoms. The highest BCUT2D eigenvalue weighted by Gasteiger charge is 2.01. The highest BCUT2D eigenvalue weighted by Crippen LogP contribution is 2.14. The summed E-state index contributed by atoms with van der Waals surface area (Å²) in [5.41, 5.74) is 1.17. The maximum Gasteiger partial charge on any atom is 0.264 e. The average molecular weight is 219 g/mol. The van der Waals surface area contributed by atoms with E-state index in [9.17, 15) is 0 Å². The molecule has 0 atom stereocenters. The third kappa shape index (κ3) is 2.80. The summed E-state index contributed by atoms with van der Waals surface area (Å²) in [6.45, 7) is 1.11. The van der Waals surface area contributed by atoms with E-state index in [1.807, 2.05) is 31.3 Å². The molecule has 0 saturated heterocycles. The molecule has 2 aromatic rings. The van der Waals surface area contributed by atoms with Crippen molar-refractivity contribution in [2.75, 3.05) is 7.05 Å². The number of benzene rings is 1. The van der Waals surface area contributed by atoms with Crippen LogP contribution in [0, 0.1) is 0 Å². The topological polar surface area (TPSA) is 60.2 Å². The first-order valence-corrected chi connectivity index (χ1v) is 5.00. The molecule has 1 N–H and O–H groups in total. The summed E-state index contributed by atoms with van der Waals surface area (Å²) in [5.74, 6) is 1.27. The minimum absolute atomic E-state index is 0.295. The Labute approximate surface area is 93.4 Å². The molecule has 84 valence electrons. The molecule has 0 saturated carbocycles. The molecule has 5 heteroatoms. The largest absolute Gasteiger partial charge is 0.484 e. The Bertz CT molecular complexity index is 429. The molecule has 1 aromatic carbocycles. The Hall–Kier alpha value is -1.88. The van der Waals surface area contributed by atoms with E-state index in [-0.39, 0.29) is 0 Å². The molecule has 1 heterocycles. The van der Waals surface area contributed by atoms with Crippen LogP contribution >= 0.6 is 0 Å². The predicted molar refractivity (Wildman–Crippen MR) is 57.8 cm³/mol. The minimum Gasteiger partial charge on any atom is -0.484 e. The van der Waals surface area contributed by atoms with Gasteiger partial charge in [0.2, 0.25) is 0 Å². The van der Waals surface area contributed by atoms with Gasteiger partial charge in [0, 0.05) is 6.54 Å².